The molecule has 0 spiro atoms. The van der Waals surface area contributed by atoms with Gasteiger partial charge in [-0.2, -0.15) is 0 Å². The lowest BCUT2D eigenvalue weighted by Gasteiger charge is -2.27. The molecule has 0 unspecified atom stereocenters. The van der Waals surface area contributed by atoms with E-state index in [1.807, 2.05) is 0 Å². The average Bonchev–Trinajstić information content (AvgIpc) is 3.57. The third kappa shape index (κ3) is 3.01. The Bertz CT molecular complexity index is 1460. The highest BCUT2D eigenvalue weighted by molar-refractivity contribution is 5.84. The highest BCUT2D eigenvalue weighted by Crippen LogP contribution is 2.58. The summed E-state index contributed by atoms with van der Waals surface area (Å²) in [5.41, 5.74) is 19.0. The molecule has 0 N–H and O–H groups in total. The van der Waals surface area contributed by atoms with Crippen LogP contribution in [-0.2, 0) is 5.41 Å². The minimum Gasteiger partial charge on any atom is -0.343 e. The number of rotatable bonds is 5. The first-order valence-electron chi connectivity index (χ1n) is 13.1. The Hall–Kier alpha value is -3.28. The van der Waals surface area contributed by atoms with Gasteiger partial charge in [0.2, 0.25) is 0 Å². The van der Waals surface area contributed by atoms with E-state index in [1.165, 1.54) is 55.9 Å². The van der Waals surface area contributed by atoms with Crippen molar-refractivity contribution in [3.05, 3.63) is 117 Å². The van der Waals surface area contributed by atoms with E-state index < -0.39 is 0 Å². The molecule has 0 fully saturated rings. The minimum atomic E-state index is -0.00138. The van der Waals surface area contributed by atoms with Crippen molar-refractivity contribution in [2.75, 3.05) is 11.9 Å². The molecular formula is C34H35N. The standard InChI is InChI=1S/C34H35N/c1-7-8-9-13-22-20-30-31(26-15-12-17-28(26)34(30,4)5)32(22)35(6)23-18-19-25-24-14-10-11-16-27(24)33(2,3)29(25)21-23/h9-16,18-19,21H,7-8,17H2,1-6H3/b13-9-. The van der Waals surface area contributed by atoms with Crippen molar-refractivity contribution >= 4 is 5.69 Å². The zero-order valence-corrected chi connectivity index (χ0v) is 21.9. The molecule has 35 heavy (non-hydrogen) atoms. The molecule has 1 nitrogen and oxygen atoms in total. The van der Waals surface area contributed by atoms with Gasteiger partial charge in [-0.3, -0.25) is 0 Å². The first-order chi connectivity index (χ1) is 16.8. The van der Waals surface area contributed by atoms with E-state index >= 15 is 0 Å². The van der Waals surface area contributed by atoms with Crippen LogP contribution in [0.25, 0.3) is 11.1 Å². The predicted molar refractivity (Wildman–Crippen MR) is 149 cm³/mol. The van der Waals surface area contributed by atoms with Crippen LogP contribution >= 0.6 is 0 Å². The van der Waals surface area contributed by atoms with Gasteiger partial charge in [-0.05, 0) is 64.5 Å². The molecule has 0 saturated carbocycles. The average molecular weight is 458 g/mol. The maximum atomic E-state index is 3.87. The summed E-state index contributed by atoms with van der Waals surface area (Å²) >= 11 is 0. The molecule has 0 aromatic heterocycles. The van der Waals surface area contributed by atoms with Crippen LogP contribution < -0.4 is 4.90 Å². The minimum absolute atomic E-state index is 0.00138. The number of unbranched alkanes of at least 4 members (excludes halogenated alkanes) is 1. The summed E-state index contributed by atoms with van der Waals surface area (Å²) in [5.74, 6) is 0. The van der Waals surface area contributed by atoms with Crippen LogP contribution in [0.4, 0.5) is 5.69 Å². The van der Waals surface area contributed by atoms with E-state index in [4.69, 9.17) is 0 Å². The third-order valence-corrected chi connectivity index (χ3v) is 8.61. The van der Waals surface area contributed by atoms with Crippen LogP contribution in [0.15, 0.2) is 106 Å². The second-order valence-electron chi connectivity index (χ2n) is 11.4. The highest BCUT2D eigenvalue weighted by Gasteiger charge is 2.45. The van der Waals surface area contributed by atoms with Gasteiger partial charge >= 0.3 is 0 Å². The predicted octanol–water partition coefficient (Wildman–Crippen LogP) is 8.80. The molecule has 0 saturated heterocycles. The fourth-order valence-corrected chi connectivity index (χ4v) is 6.59. The van der Waals surface area contributed by atoms with Crippen molar-refractivity contribution in [2.24, 2.45) is 5.41 Å². The fourth-order valence-electron chi connectivity index (χ4n) is 6.59. The van der Waals surface area contributed by atoms with E-state index in [9.17, 15) is 0 Å². The van der Waals surface area contributed by atoms with E-state index in [0.29, 0.717) is 0 Å². The summed E-state index contributed by atoms with van der Waals surface area (Å²) in [6.07, 6.45) is 12.6. The lowest BCUT2D eigenvalue weighted by Crippen LogP contribution is -2.21. The molecule has 176 valence electrons. The molecule has 0 heterocycles. The van der Waals surface area contributed by atoms with Crippen LogP contribution in [0.2, 0.25) is 0 Å². The van der Waals surface area contributed by atoms with Gasteiger partial charge in [0.1, 0.15) is 0 Å². The molecule has 2 aromatic rings. The molecule has 0 radical (unpaired) electrons. The molecule has 0 aliphatic heterocycles. The Kier molecular flexibility index (Phi) is 4.83. The zero-order chi connectivity index (χ0) is 24.5. The summed E-state index contributed by atoms with van der Waals surface area (Å²) < 4.78 is 0. The monoisotopic (exact) mass is 457 g/mol. The largest absolute Gasteiger partial charge is 0.343 e. The van der Waals surface area contributed by atoms with Gasteiger partial charge in [0.05, 0.1) is 5.70 Å². The van der Waals surface area contributed by atoms with E-state index in [1.54, 1.807) is 5.57 Å². The SMILES string of the molecule is CCC/C=C\C1=C=C2C(=C1N(C)c1ccc3c(c1)C(C)(C)c1ccccc1-3)C1=C(CC=C1)C2(C)C. The van der Waals surface area contributed by atoms with Crippen LogP contribution in [0.5, 0.6) is 0 Å². The smallest absolute Gasteiger partial charge is 0.0649 e. The maximum Gasteiger partial charge on any atom is 0.0649 e. The molecule has 6 rings (SSSR count). The molecular weight excluding hydrogens is 422 g/mol. The van der Waals surface area contributed by atoms with E-state index in [-0.39, 0.29) is 10.8 Å². The highest BCUT2D eigenvalue weighted by atomic mass is 15.1. The number of benzene rings is 2. The fraction of sp³-hybridized carbons (Fsp3) is 0.324. The van der Waals surface area contributed by atoms with Crippen molar-refractivity contribution in [2.45, 2.75) is 59.3 Å². The van der Waals surface area contributed by atoms with Gasteiger partial charge in [0, 0.05) is 40.3 Å². The van der Waals surface area contributed by atoms with Gasteiger partial charge < -0.3 is 4.90 Å². The molecule has 2 aromatic carbocycles. The molecule has 4 aliphatic carbocycles. The van der Waals surface area contributed by atoms with Crippen molar-refractivity contribution in [1.29, 1.82) is 0 Å². The van der Waals surface area contributed by atoms with Gasteiger partial charge in [0.25, 0.3) is 0 Å². The molecule has 0 amide bonds. The summed E-state index contributed by atoms with van der Waals surface area (Å²) in [7, 11) is 2.24. The van der Waals surface area contributed by atoms with Gasteiger partial charge in [0.15, 0.2) is 0 Å². The lowest BCUT2D eigenvalue weighted by molar-refractivity contribution is 0.556. The number of anilines is 1. The summed E-state index contributed by atoms with van der Waals surface area (Å²) in [5, 5.41) is 0. The number of likely N-dealkylation sites (N-methyl/N-ethyl adjacent to an activating group) is 1. The lowest BCUT2D eigenvalue weighted by atomic mass is 9.80. The van der Waals surface area contributed by atoms with Gasteiger partial charge in [-0.1, -0.05) is 89.6 Å². The van der Waals surface area contributed by atoms with Crippen LogP contribution in [0, 0.1) is 5.41 Å². The van der Waals surface area contributed by atoms with E-state index in [2.05, 4.69) is 119 Å². The number of nitrogens with zero attached hydrogens (tertiary/aromatic N) is 1. The first kappa shape index (κ1) is 22.2. The zero-order valence-electron chi connectivity index (χ0n) is 21.9. The summed E-state index contributed by atoms with van der Waals surface area (Å²) in [4.78, 5) is 2.42. The topological polar surface area (TPSA) is 3.24 Å². The van der Waals surface area contributed by atoms with Crippen LogP contribution in [-0.4, -0.2) is 7.05 Å². The van der Waals surface area contributed by atoms with Crippen molar-refractivity contribution in [3.63, 3.8) is 0 Å². The third-order valence-electron chi connectivity index (χ3n) is 8.61. The number of allylic oxidation sites excluding steroid dienone is 7. The van der Waals surface area contributed by atoms with Crippen LogP contribution in [0.3, 0.4) is 0 Å². The Balaban J connectivity index is 1.49. The summed E-state index contributed by atoms with van der Waals surface area (Å²) in [6.45, 7) is 11.7. The Morgan fingerprint density at radius 2 is 1.74 bits per heavy atom. The second-order valence-corrected chi connectivity index (χ2v) is 11.4. The van der Waals surface area contributed by atoms with Crippen molar-refractivity contribution < 1.29 is 0 Å². The van der Waals surface area contributed by atoms with Gasteiger partial charge in [-0.25, -0.2) is 0 Å². The van der Waals surface area contributed by atoms with Crippen LogP contribution in [0.1, 0.15) is 65.0 Å². The Labute approximate surface area is 210 Å². The number of hydrogen-bond donors (Lipinski definition) is 0. The van der Waals surface area contributed by atoms with Gasteiger partial charge in [-0.15, -0.1) is 5.73 Å². The molecule has 1 heteroatoms. The molecule has 4 aliphatic rings. The number of fused-ring (bicyclic) bond motifs is 5. The normalized spacial score (nSPS) is 20.3. The molecule has 0 atom stereocenters. The quantitative estimate of drug-likeness (QED) is 0.405. The maximum absolute atomic E-state index is 3.87. The van der Waals surface area contributed by atoms with Crippen molar-refractivity contribution in [3.8, 4) is 11.1 Å². The Morgan fingerprint density at radius 1 is 0.971 bits per heavy atom. The van der Waals surface area contributed by atoms with Crippen molar-refractivity contribution in [1.82, 2.24) is 0 Å². The number of hydrogen-bond acceptors (Lipinski definition) is 1. The second kappa shape index (κ2) is 7.61. The van der Waals surface area contributed by atoms with E-state index in [0.717, 1.165) is 19.3 Å². The molecule has 0 bridgehead atoms. The Morgan fingerprint density at radius 3 is 2.54 bits per heavy atom. The first-order valence-corrected chi connectivity index (χ1v) is 13.1. The summed E-state index contributed by atoms with van der Waals surface area (Å²) in [6, 6.07) is 15.9.